The van der Waals surface area contributed by atoms with Crippen molar-refractivity contribution in [3.63, 3.8) is 0 Å². The molecule has 1 amide bonds. The number of fused-ring (bicyclic) bond motifs is 3. The Hall–Kier alpha value is -4.06. The zero-order valence-corrected chi connectivity index (χ0v) is 18.6. The van der Waals surface area contributed by atoms with Crippen LogP contribution in [0.5, 0.6) is 5.75 Å². The number of nitrogens with one attached hydrogen (secondary N) is 1. The molecular formula is C28H24FN3O2. The van der Waals surface area contributed by atoms with E-state index in [2.05, 4.69) is 17.4 Å². The van der Waals surface area contributed by atoms with Gasteiger partial charge in [-0.25, -0.2) is 14.4 Å². The molecule has 4 aromatic rings. The molecule has 3 aromatic carbocycles. The van der Waals surface area contributed by atoms with Gasteiger partial charge in [-0.15, -0.1) is 0 Å². The third-order valence-electron chi connectivity index (χ3n) is 6.04. The van der Waals surface area contributed by atoms with Gasteiger partial charge in [-0.3, -0.25) is 4.79 Å². The molecule has 170 valence electrons. The van der Waals surface area contributed by atoms with Crippen molar-refractivity contribution in [2.24, 2.45) is 0 Å². The smallest absolute Gasteiger partial charge is 0.229 e. The van der Waals surface area contributed by atoms with E-state index in [4.69, 9.17) is 9.97 Å². The predicted octanol–water partition coefficient (Wildman–Crippen LogP) is 5.05. The van der Waals surface area contributed by atoms with Crippen LogP contribution in [0.1, 0.15) is 28.1 Å². The number of benzene rings is 3. The summed E-state index contributed by atoms with van der Waals surface area (Å²) in [4.78, 5) is 22.6. The number of phenolic OH excluding ortho intramolecular Hbond substituents is 1. The van der Waals surface area contributed by atoms with Crippen molar-refractivity contribution in [3.8, 4) is 17.0 Å². The van der Waals surface area contributed by atoms with Crippen LogP contribution in [0.25, 0.3) is 11.3 Å². The average Bonchev–Trinajstić information content (AvgIpc) is 2.84. The third kappa shape index (κ3) is 4.81. The number of carbonyl (C=O) groups excluding carboxylic acids is 1. The number of hydrogen-bond acceptors (Lipinski definition) is 4. The molecule has 2 N–H and O–H groups in total. The first-order valence-corrected chi connectivity index (χ1v) is 11.4. The quantitative estimate of drug-likeness (QED) is 0.428. The number of rotatable bonds is 6. The highest BCUT2D eigenvalue weighted by atomic mass is 19.1. The van der Waals surface area contributed by atoms with E-state index in [9.17, 15) is 14.3 Å². The molecule has 1 aliphatic rings. The minimum atomic E-state index is -0.332. The number of halogens is 1. The number of carbonyl (C=O) groups is 1. The Morgan fingerprint density at radius 3 is 2.50 bits per heavy atom. The van der Waals surface area contributed by atoms with Gasteiger partial charge in [0.25, 0.3) is 0 Å². The molecule has 0 atom stereocenters. The Morgan fingerprint density at radius 2 is 1.71 bits per heavy atom. The SMILES string of the molecule is O=C(Cc1ccc(F)cc1)Nc1nc2c(nc1CCc1ccccc1)-c1ccc(O)cc1CC2. The number of aromatic nitrogens is 2. The molecule has 0 aliphatic heterocycles. The number of aromatic hydroxyl groups is 1. The highest BCUT2D eigenvalue weighted by Gasteiger charge is 2.23. The van der Waals surface area contributed by atoms with Crippen LogP contribution in [0.2, 0.25) is 0 Å². The number of amides is 1. The Labute approximate surface area is 197 Å². The van der Waals surface area contributed by atoms with Crippen molar-refractivity contribution >= 4 is 11.7 Å². The molecule has 1 aromatic heterocycles. The summed E-state index contributed by atoms with van der Waals surface area (Å²) in [5.41, 5.74) is 6.27. The summed E-state index contributed by atoms with van der Waals surface area (Å²) in [6.45, 7) is 0. The summed E-state index contributed by atoms with van der Waals surface area (Å²) >= 11 is 0. The summed E-state index contributed by atoms with van der Waals surface area (Å²) in [6.07, 6.45) is 2.93. The summed E-state index contributed by atoms with van der Waals surface area (Å²) < 4.78 is 13.2. The van der Waals surface area contributed by atoms with E-state index in [-0.39, 0.29) is 23.9 Å². The molecule has 0 unspecified atom stereocenters. The van der Waals surface area contributed by atoms with Crippen LogP contribution in [-0.2, 0) is 36.9 Å². The van der Waals surface area contributed by atoms with Crippen LogP contribution in [0.15, 0.2) is 72.8 Å². The molecule has 0 spiro atoms. The van der Waals surface area contributed by atoms with Crippen molar-refractivity contribution in [2.75, 3.05) is 5.32 Å². The number of aryl methyl sites for hydroxylation is 4. The summed E-state index contributed by atoms with van der Waals surface area (Å²) in [5, 5.41) is 12.8. The highest BCUT2D eigenvalue weighted by molar-refractivity contribution is 5.92. The number of phenols is 1. The molecule has 0 saturated heterocycles. The fraction of sp³-hybridized carbons (Fsp3) is 0.179. The topological polar surface area (TPSA) is 75.1 Å². The molecule has 0 fully saturated rings. The molecular weight excluding hydrogens is 429 g/mol. The van der Waals surface area contributed by atoms with Crippen LogP contribution in [0.4, 0.5) is 10.2 Å². The van der Waals surface area contributed by atoms with Crippen molar-refractivity contribution < 1.29 is 14.3 Å². The van der Waals surface area contributed by atoms with E-state index in [0.717, 1.165) is 46.6 Å². The Bertz CT molecular complexity index is 1340. The Morgan fingerprint density at radius 1 is 0.912 bits per heavy atom. The zero-order chi connectivity index (χ0) is 23.5. The van der Waals surface area contributed by atoms with Crippen LogP contribution >= 0.6 is 0 Å². The standard InChI is InChI=1S/C28H24FN3O2/c29-21-10-6-19(7-11-21)16-26(34)32-28-25(14-8-18-4-2-1-3-5-18)30-27-23-13-12-22(33)17-20(23)9-15-24(27)31-28/h1-7,10-13,17,33H,8-9,14-16H2,(H,31,32,34). The van der Waals surface area contributed by atoms with Gasteiger partial charge in [0, 0.05) is 5.56 Å². The van der Waals surface area contributed by atoms with Gasteiger partial charge in [0.2, 0.25) is 5.91 Å². The first kappa shape index (κ1) is 21.8. The van der Waals surface area contributed by atoms with Crippen LogP contribution < -0.4 is 5.32 Å². The lowest BCUT2D eigenvalue weighted by atomic mass is 9.91. The number of anilines is 1. The van der Waals surface area contributed by atoms with Crippen molar-refractivity contribution in [2.45, 2.75) is 32.1 Å². The normalized spacial score (nSPS) is 12.0. The lowest BCUT2D eigenvalue weighted by Crippen LogP contribution is -2.20. The van der Waals surface area contributed by atoms with Crippen molar-refractivity contribution in [1.29, 1.82) is 0 Å². The van der Waals surface area contributed by atoms with Gasteiger partial charge < -0.3 is 10.4 Å². The molecule has 34 heavy (non-hydrogen) atoms. The maximum Gasteiger partial charge on any atom is 0.229 e. The number of hydrogen-bond donors (Lipinski definition) is 2. The van der Waals surface area contributed by atoms with Crippen molar-refractivity contribution in [3.05, 3.63) is 107 Å². The van der Waals surface area contributed by atoms with Gasteiger partial charge in [0.15, 0.2) is 5.82 Å². The van der Waals surface area contributed by atoms with Gasteiger partial charge in [-0.1, -0.05) is 42.5 Å². The second-order valence-electron chi connectivity index (χ2n) is 8.49. The molecule has 1 heterocycles. The lowest BCUT2D eigenvalue weighted by molar-refractivity contribution is -0.115. The van der Waals surface area contributed by atoms with E-state index in [0.29, 0.717) is 18.7 Å². The predicted molar refractivity (Wildman–Crippen MR) is 129 cm³/mol. The molecule has 5 nitrogen and oxygen atoms in total. The Balaban J connectivity index is 1.46. The summed E-state index contributed by atoms with van der Waals surface area (Å²) in [6, 6.07) is 21.4. The van der Waals surface area contributed by atoms with Crippen LogP contribution in [-0.4, -0.2) is 21.0 Å². The minimum Gasteiger partial charge on any atom is -0.508 e. The third-order valence-corrected chi connectivity index (χ3v) is 6.04. The fourth-order valence-corrected chi connectivity index (χ4v) is 4.31. The molecule has 0 radical (unpaired) electrons. The first-order valence-electron chi connectivity index (χ1n) is 11.4. The van der Waals surface area contributed by atoms with Crippen molar-refractivity contribution in [1.82, 2.24) is 9.97 Å². The maximum atomic E-state index is 13.2. The second-order valence-corrected chi connectivity index (χ2v) is 8.49. The molecule has 0 bridgehead atoms. The zero-order valence-electron chi connectivity index (χ0n) is 18.6. The van der Waals surface area contributed by atoms with Gasteiger partial charge in [-0.2, -0.15) is 0 Å². The second kappa shape index (κ2) is 9.43. The molecule has 0 saturated carbocycles. The largest absolute Gasteiger partial charge is 0.508 e. The lowest BCUT2D eigenvalue weighted by Gasteiger charge is -2.21. The molecule has 5 rings (SSSR count). The minimum absolute atomic E-state index is 0.124. The van der Waals surface area contributed by atoms with E-state index >= 15 is 0 Å². The first-order chi connectivity index (χ1) is 16.5. The van der Waals surface area contributed by atoms with Gasteiger partial charge in [-0.05, 0) is 72.7 Å². The molecule has 1 aliphatic carbocycles. The van der Waals surface area contributed by atoms with E-state index in [1.54, 1.807) is 24.3 Å². The van der Waals surface area contributed by atoms with E-state index in [1.807, 2.05) is 24.3 Å². The van der Waals surface area contributed by atoms with E-state index in [1.165, 1.54) is 17.7 Å². The fourth-order valence-electron chi connectivity index (χ4n) is 4.31. The highest BCUT2D eigenvalue weighted by Crippen LogP contribution is 2.34. The van der Waals surface area contributed by atoms with Crippen LogP contribution in [0, 0.1) is 5.82 Å². The van der Waals surface area contributed by atoms with Gasteiger partial charge in [0.1, 0.15) is 11.6 Å². The summed E-state index contributed by atoms with van der Waals surface area (Å²) in [5.74, 6) is 0.164. The van der Waals surface area contributed by atoms with Gasteiger partial charge in [0.05, 0.1) is 23.5 Å². The van der Waals surface area contributed by atoms with E-state index < -0.39 is 0 Å². The Kier molecular flexibility index (Phi) is 6.04. The number of nitrogens with zero attached hydrogens (tertiary/aromatic N) is 2. The molecule has 6 heteroatoms. The monoisotopic (exact) mass is 453 g/mol. The van der Waals surface area contributed by atoms with Gasteiger partial charge >= 0.3 is 0 Å². The maximum absolute atomic E-state index is 13.2. The van der Waals surface area contributed by atoms with Crippen LogP contribution in [0.3, 0.4) is 0 Å². The summed E-state index contributed by atoms with van der Waals surface area (Å²) in [7, 11) is 0. The average molecular weight is 454 g/mol.